The van der Waals surface area contributed by atoms with Gasteiger partial charge in [0.2, 0.25) is 16.9 Å². The van der Waals surface area contributed by atoms with Gasteiger partial charge in [-0.15, -0.1) is 0 Å². The first-order valence-corrected chi connectivity index (χ1v) is 28.7. The minimum atomic E-state index is -5.59. The molecule has 2 aromatic rings. The number of phosphoric acid groups is 3. The third-order valence-electron chi connectivity index (χ3n) is 10.1. The molecule has 2 amide bonds. The van der Waals surface area contributed by atoms with Crippen LogP contribution in [0.15, 0.2) is 97.7 Å². The maximum Gasteiger partial charge on any atom is 0.481 e. The number of nitrogens with one attached hydrogen (secondary N) is 2. The molecule has 1 aliphatic heterocycles. The van der Waals surface area contributed by atoms with Gasteiger partial charge in [-0.05, 0) is 57.4 Å². The molecule has 1 saturated heterocycles. The molecule has 28 heteroatoms. The van der Waals surface area contributed by atoms with Gasteiger partial charge >= 0.3 is 23.5 Å². The van der Waals surface area contributed by atoms with Crippen LogP contribution in [0.1, 0.15) is 84.8 Å². The van der Waals surface area contributed by atoms with Gasteiger partial charge in [0.15, 0.2) is 17.7 Å². The van der Waals surface area contributed by atoms with E-state index in [1.165, 1.54) is 19.9 Å². The molecular formula is C45H68N7O17P3S. The van der Waals surface area contributed by atoms with Crippen LogP contribution in [0.4, 0.5) is 5.82 Å². The van der Waals surface area contributed by atoms with E-state index >= 15 is 0 Å². The number of rotatable bonds is 34. The summed E-state index contributed by atoms with van der Waals surface area (Å²) in [7, 11) is -16.4. The molecule has 10 N–H and O–H groups in total. The Morgan fingerprint density at radius 3 is 2.01 bits per heavy atom. The van der Waals surface area contributed by atoms with E-state index in [1.54, 1.807) is 6.08 Å². The average molecular weight is 1100 g/mol. The monoisotopic (exact) mass is 1100 g/mol. The van der Waals surface area contributed by atoms with Gasteiger partial charge < -0.3 is 50.9 Å². The fourth-order valence-electron chi connectivity index (χ4n) is 6.34. The molecule has 0 bridgehead atoms. The van der Waals surface area contributed by atoms with Crippen LogP contribution in [0, 0.1) is 5.41 Å². The van der Waals surface area contributed by atoms with Crippen LogP contribution in [-0.2, 0) is 50.7 Å². The van der Waals surface area contributed by atoms with Crippen molar-refractivity contribution >= 4 is 69.1 Å². The first-order chi connectivity index (χ1) is 34.6. The van der Waals surface area contributed by atoms with Gasteiger partial charge in [0.1, 0.15) is 36.3 Å². The molecule has 1 aliphatic rings. The minimum Gasteiger partial charge on any atom is -0.386 e. The highest BCUT2D eigenvalue weighted by Gasteiger charge is 2.50. The van der Waals surface area contributed by atoms with Gasteiger partial charge in [0, 0.05) is 30.7 Å². The molecule has 2 aromatic heterocycles. The van der Waals surface area contributed by atoms with Crippen LogP contribution in [0.3, 0.4) is 0 Å². The fraction of sp³-hybridized carbons (Fsp3) is 0.511. The summed E-state index contributed by atoms with van der Waals surface area (Å²) in [5, 5.41) is 26.4. The van der Waals surface area contributed by atoms with E-state index in [0.717, 1.165) is 73.9 Å². The Labute approximate surface area is 428 Å². The highest BCUT2D eigenvalue weighted by Crippen LogP contribution is 2.61. The number of unbranched alkanes of at least 4 members (excludes halogenated alkanes) is 1. The van der Waals surface area contributed by atoms with Gasteiger partial charge in [-0.3, -0.25) is 32.5 Å². The maximum absolute atomic E-state index is 12.8. The lowest BCUT2D eigenvalue weighted by Crippen LogP contribution is -2.46. The van der Waals surface area contributed by atoms with Crippen LogP contribution in [-0.4, -0.2) is 123 Å². The molecule has 0 spiro atoms. The van der Waals surface area contributed by atoms with Crippen LogP contribution >= 0.6 is 35.2 Å². The molecule has 0 radical (unpaired) electrons. The van der Waals surface area contributed by atoms with Gasteiger partial charge in [0.25, 0.3) is 0 Å². The Kier molecular flexibility index (Phi) is 27.8. The van der Waals surface area contributed by atoms with Crippen molar-refractivity contribution < 1.29 is 80.5 Å². The highest BCUT2D eigenvalue weighted by atomic mass is 32.2. The summed E-state index contributed by atoms with van der Waals surface area (Å²) in [5.74, 6) is -1.16. The number of imidazole rings is 1. The number of amides is 2. The summed E-state index contributed by atoms with van der Waals surface area (Å²) >= 11 is 1.03. The number of fused-ring (bicyclic) bond motifs is 1. The Morgan fingerprint density at radius 2 is 1.41 bits per heavy atom. The molecular weight excluding hydrogens is 1040 g/mol. The molecule has 0 aliphatic carbocycles. The topological polar surface area (TPSA) is 364 Å². The van der Waals surface area contributed by atoms with Gasteiger partial charge in [-0.2, -0.15) is 4.31 Å². The third kappa shape index (κ3) is 24.8. The van der Waals surface area contributed by atoms with Crippen molar-refractivity contribution in [2.24, 2.45) is 5.41 Å². The molecule has 406 valence electrons. The van der Waals surface area contributed by atoms with Crippen LogP contribution < -0.4 is 16.4 Å². The number of aliphatic hydroxyl groups is 2. The zero-order valence-electron chi connectivity index (χ0n) is 40.8. The van der Waals surface area contributed by atoms with Crippen molar-refractivity contribution in [3.63, 3.8) is 0 Å². The van der Waals surface area contributed by atoms with E-state index in [1.807, 2.05) is 0 Å². The molecule has 73 heavy (non-hydrogen) atoms. The number of carbonyl (C=O) groups is 3. The van der Waals surface area contributed by atoms with E-state index in [2.05, 4.69) is 114 Å². The number of nitrogens with zero attached hydrogens (tertiary/aromatic N) is 4. The number of aromatic nitrogens is 4. The second-order valence-corrected chi connectivity index (χ2v) is 22.0. The van der Waals surface area contributed by atoms with E-state index in [9.17, 15) is 57.9 Å². The summed E-state index contributed by atoms with van der Waals surface area (Å²) in [6, 6.07) is 0. The van der Waals surface area contributed by atoms with E-state index in [-0.39, 0.29) is 41.6 Å². The summed E-state index contributed by atoms with van der Waals surface area (Å²) in [4.78, 5) is 88.4. The first-order valence-electron chi connectivity index (χ1n) is 23.2. The smallest absolute Gasteiger partial charge is 0.386 e. The second-order valence-electron chi connectivity index (χ2n) is 16.6. The van der Waals surface area contributed by atoms with Gasteiger partial charge in [-0.25, -0.2) is 28.6 Å². The normalized spacial score (nSPS) is 20.2. The highest BCUT2D eigenvalue weighted by molar-refractivity contribution is 8.14. The number of phosphoric ester groups is 3. The van der Waals surface area contributed by atoms with E-state index in [4.69, 9.17) is 19.5 Å². The Hall–Kier alpha value is -4.26. The average Bonchev–Trinajstić information content (AvgIpc) is 3.88. The quantitative estimate of drug-likeness (QED) is 0.0176. The number of hydrogen-bond acceptors (Lipinski definition) is 18. The Balaban J connectivity index is 1.28. The summed E-state index contributed by atoms with van der Waals surface area (Å²) in [6.07, 6.45) is 29.2. The number of carbonyl (C=O) groups excluding carboxylic acids is 3. The molecule has 24 nitrogen and oxygen atoms in total. The van der Waals surface area contributed by atoms with Crippen LogP contribution in [0.2, 0.25) is 0 Å². The van der Waals surface area contributed by atoms with Crippen molar-refractivity contribution in [2.75, 3.05) is 37.8 Å². The molecule has 0 aromatic carbocycles. The van der Waals surface area contributed by atoms with Gasteiger partial charge in [-0.1, -0.05) is 112 Å². The molecule has 7 atom stereocenters. The predicted octanol–water partition coefficient (Wildman–Crippen LogP) is 5.70. The summed E-state index contributed by atoms with van der Waals surface area (Å²) in [5.41, 5.74) is 4.26. The number of allylic oxidation sites excluding steroid dienone is 13. The molecule has 2 unspecified atom stereocenters. The Bertz CT molecular complexity index is 2440. The Morgan fingerprint density at radius 1 is 0.836 bits per heavy atom. The molecule has 3 rings (SSSR count). The lowest BCUT2D eigenvalue weighted by molar-refractivity contribution is -0.137. The number of hydrogen-bond donors (Lipinski definition) is 9. The van der Waals surface area contributed by atoms with Crippen molar-refractivity contribution in [2.45, 2.75) is 109 Å². The lowest BCUT2D eigenvalue weighted by Gasteiger charge is -2.30. The predicted molar refractivity (Wildman–Crippen MR) is 274 cm³/mol. The SMILES string of the molecule is CC/C=C\C/C=C\C/C=C\C/C=C\C/C=C\C/C=C\CC/C=C/C(=O)SCCNC(=O)CCNC(=O)[C@H](O)C(C)(C)COP(=O)(O)OP(=O)(O)OC[C@H]1O[C@@H](n2cnc3c(N)ncnc32)[C@H](O)[C@@H]1OP(=O)(O)O. The van der Waals surface area contributed by atoms with Crippen molar-refractivity contribution in [3.05, 3.63) is 97.7 Å². The zero-order valence-corrected chi connectivity index (χ0v) is 44.3. The van der Waals surface area contributed by atoms with Crippen molar-refractivity contribution in [1.82, 2.24) is 30.2 Å². The molecule has 1 fully saturated rings. The number of ether oxygens (including phenoxy) is 1. The number of thioether (sulfide) groups is 1. The second kappa shape index (κ2) is 32.2. The third-order valence-corrected chi connectivity index (χ3v) is 14.0. The lowest BCUT2D eigenvalue weighted by atomic mass is 9.87. The standard InChI is InChI=1S/C45H68N7O17P3S/c1-4-5-6-7-8-9-10-11-12-13-14-15-16-17-18-19-20-21-22-23-24-25-36(54)73-29-28-47-35(53)26-27-48-43(57)40(56)45(2,3)31-66-72(63,64)69-71(61,62)65-30-34-39(68-70(58,59)60)38(55)44(67-34)52-33-51-37-41(46)49-32-50-42(37)52/h5-6,8-9,11-12,14-15,17-18,20-21,24-25,32-34,38-40,44,55-56H,4,7,10,13,16,19,22-23,26-31H2,1-3H3,(H,47,53)(H,48,57)(H,61,62)(H,63,64)(H2,46,49,50)(H2,58,59,60)/b6-5-,9-8-,12-11-,15-14-,18-17-,21-20-,25-24+/t34-,38-,39-,40+,44-/m1/s1. The van der Waals surface area contributed by atoms with Crippen LogP contribution in [0.25, 0.3) is 11.2 Å². The van der Waals surface area contributed by atoms with Crippen LogP contribution in [0.5, 0.6) is 0 Å². The number of nitrogens with two attached hydrogens (primary N) is 1. The van der Waals surface area contributed by atoms with E-state index in [0.29, 0.717) is 12.2 Å². The zero-order chi connectivity index (χ0) is 53.9. The first kappa shape index (κ1) is 63.0. The fourth-order valence-corrected chi connectivity index (χ4v) is 9.77. The minimum absolute atomic E-state index is 0.0284. The number of anilines is 1. The number of nitrogen functional groups attached to an aromatic ring is 1. The largest absolute Gasteiger partial charge is 0.481 e. The molecule has 0 saturated carbocycles. The van der Waals surface area contributed by atoms with Gasteiger partial charge in [0.05, 0.1) is 19.5 Å². The van der Waals surface area contributed by atoms with Crippen molar-refractivity contribution in [1.29, 1.82) is 0 Å². The number of aliphatic hydroxyl groups excluding tert-OH is 2. The summed E-state index contributed by atoms with van der Waals surface area (Å²) < 4.78 is 62.5. The maximum atomic E-state index is 12.8. The van der Waals surface area contributed by atoms with Crippen molar-refractivity contribution in [3.8, 4) is 0 Å². The summed E-state index contributed by atoms with van der Waals surface area (Å²) in [6.45, 7) is 2.57. The van der Waals surface area contributed by atoms with E-state index < -0.39 is 84.6 Å². The molecule has 3 heterocycles.